The number of benzene rings is 9. The Morgan fingerprint density at radius 3 is 1.67 bits per heavy atom. The van der Waals surface area contributed by atoms with E-state index in [2.05, 4.69) is 280 Å². The van der Waals surface area contributed by atoms with Crippen LogP contribution < -0.4 is 14.5 Å². The fraction of sp³-hybridized carbons (Fsp3) is 0.132. The van der Waals surface area contributed by atoms with E-state index >= 15 is 0 Å². The van der Waals surface area contributed by atoms with Gasteiger partial charge in [-0.05, 0) is 104 Å². The minimum absolute atomic E-state index is 0.0122. The molecule has 5 heteroatoms. The second kappa shape index (κ2) is 18.2. The van der Waals surface area contributed by atoms with Crippen LogP contribution in [0.2, 0.25) is 0 Å². The SMILES string of the molecule is CC(C)(C)c1cccc(-c2cccc3c2N(c2c(-c4ccccc4)cccc2-c2ccccc2)CN3c2cccc(Oc3ccc4c5cc(-c6ccccc6)ccc5n(-c5cc(C(C)(C)C)ccn5)c4c3)c2)c1. The molecule has 9 aromatic carbocycles. The van der Waals surface area contributed by atoms with E-state index in [0.717, 1.165) is 50.8 Å². The van der Waals surface area contributed by atoms with Crippen LogP contribution in [0.15, 0.2) is 231 Å². The van der Waals surface area contributed by atoms with Gasteiger partial charge in [-0.25, -0.2) is 4.98 Å². The second-order valence-corrected chi connectivity index (χ2v) is 21.3. The van der Waals surface area contributed by atoms with Gasteiger partial charge in [0.2, 0.25) is 0 Å². The lowest BCUT2D eigenvalue weighted by Gasteiger charge is -2.28. The van der Waals surface area contributed by atoms with E-state index in [9.17, 15) is 0 Å². The lowest BCUT2D eigenvalue weighted by atomic mass is 9.85. The summed E-state index contributed by atoms with van der Waals surface area (Å²) in [6.45, 7) is 14.2. The molecule has 0 N–H and O–H groups in total. The van der Waals surface area contributed by atoms with E-state index in [-0.39, 0.29) is 10.8 Å². The van der Waals surface area contributed by atoms with Gasteiger partial charge in [0.1, 0.15) is 24.0 Å². The first kappa shape index (κ1) is 45.5. The first-order valence-electron chi connectivity index (χ1n) is 25.4. The fourth-order valence-electron chi connectivity index (χ4n) is 10.6. The van der Waals surface area contributed by atoms with Crippen LogP contribution in [-0.2, 0) is 10.8 Å². The van der Waals surface area contributed by atoms with Crippen molar-refractivity contribution in [1.82, 2.24) is 9.55 Å². The Bertz CT molecular complexity index is 3770. The number of anilines is 4. The zero-order chi connectivity index (χ0) is 49.8. The van der Waals surface area contributed by atoms with Crippen molar-refractivity contribution in [3.63, 3.8) is 0 Å². The Kier molecular flexibility index (Phi) is 11.3. The molecule has 0 saturated heterocycles. The third-order valence-electron chi connectivity index (χ3n) is 14.4. The molecule has 5 nitrogen and oxygen atoms in total. The summed E-state index contributed by atoms with van der Waals surface area (Å²) in [5, 5.41) is 2.30. The minimum atomic E-state index is -0.0442. The average Bonchev–Trinajstić information content (AvgIpc) is 3.97. The number of para-hydroxylation sites is 2. The Hall–Kier alpha value is -8.67. The van der Waals surface area contributed by atoms with Crippen LogP contribution in [0.25, 0.3) is 72.1 Å². The predicted octanol–water partition coefficient (Wildman–Crippen LogP) is 18.5. The van der Waals surface area contributed by atoms with Gasteiger partial charge in [0.25, 0.3) is 0 Å². The van der Waals surface area contributed by atoms with Crippen molar-refractivity contribution in [2.24, 2.45) is 0 Å². The summed E-state index contributed by atoms with van der Waals surface area (Å²) in [6.07, 6.45) is 1.93. The molecule has 0 amide bonds. The normalized spacial score (nSPS) is 12.7. The minimum Gasteiger partial charge on any atom is -0.457 e. The highest BCUT2D eigenvalue weighted by Gasteiger charge is 2.34. The molecule has 0 radical (unpaired) electrons. The maximum absolute atomic E-state index is 6.96. The van der Waals surface area contributed by atoms with Gasteiger partial charge >= 0.3 is 0 Å². The molecule has 0 spiro atoms. The van der Waals surface area contributed by atoms with Crippen LogP contribution in [-0.4, -0.2) is 16.2 Å². The van der Waals surface area contributed by atoms with Gasteiger partial charge in [-0.2, -0.15) is 0 Å². The smallest absolute Gasteiger partial charge is 0.137 e. The van der Waals surface area contributed by atoms with Crippen LogP contribution >= 0.6 is 0 Å². The number of rotatable bonds is 9. The number of nitrogens with zero attached hydrogens (tertiary/aromatic N) is 4. The van der Waals surface area contributed by atoms with Gasteiger partial charge in [0.15, 0.2) is 0 Å². The first-order chi connectivity index (χ1) is 35.5. The van der Waals surface area contributed by atoms with E-state index in [1.165, 1.54) is 66.7 Å². The van der Waals surface area contributed by atoms with E-state index in [0.29, 0.717) is 6.67 Å². The van der Waals surface area contributed by atoms with Crippen molar-refractivity contribution in [2.75, 3.05) is 16.5 Å². The van der Waals surface area contributed by atoms with Crippen LogP contribution in [0.1, 0.15) is 52.7 Å². The van der Waals surface area contributed by atoms with E-state index in [4.69, 9.17) is 9.72 Å². The highest BCUT2D eigenvalue weighted by Crippen LogP contribution is 2.54. The monoisotopic (exact) mass is 946 g/mol. The molecule has 11 aromatic rings. The van der Waals surface area contributed by atoms with Crippen LogP contribution in [0, 0.1) is 0 Å². The summed E-state index contributed by atoms with van der Waals surface area (Å²) in [5.74, 6) is 2.38. The van der Waals surface area contributed by atoms with Crippen molar-refractivity contribution in [2.45, 2.75) is 52.4 Å². The van der Waals surface area contributed by atoms with Crippen LogP contribution in [0.3, 0.4) is 0 Å². The van der Waals surface area contributed by atoms with Gasteiger partial charge in [-0.15, -0.1) is 0 Å². The largest absolute Gasteiger partial charge is 0.457 e. The lowest BCUT2D eigenvalue weighted by Crippen LogP contribution is -2.25. The zero-order valence-electron chi connectivity index (χ0n) is 42.3. The summed E-state index contributed by atoms with van der Waals surface area (Å²) in [6, 6.07) is 80.9. The van der Waals surface area contributed by atoms with Crippen molar-refractivity contribution in [3.05, 3.63) is 242 Å². The third-order valence-corrected chi connectivity index (χ3v) is 14.4. The van der Waals surface area contributed by atoms with Gasteiger partial charge < -0.3 is 14.5 Å². The molecule has 2 aromatic heterocycles. The Morgan fingerprint density at radius 2 is 0.986 bits per heavy atom. The molecule has 12 rings (SSSR count). The Morgan fingerprint density at radius 1 is 0.397 bits per heavy atom. The maximum atomic E-state index is 6.96. The lowest BCUT2D eigenvalue weighted by molar-refractivity contribution is 0.483. The molecule has 73 heavy (non-hydrogen) atoms. The molecule has 1 aliphatic rings. The predicted molar refractivity (Wildman–Crippen MR) is 306 cm³/mol. The van der Waals surface area contributed by atoms with Crippen molar-refractivity contribution < 1.29 is 4.74 Å². The zero-order valence-corrected chi connectivity index (χ0v) is 42.3. The van der Waals surface area contributed by atoms with E-state index < -0.39 is 0 Å². The quantitative estimate of drug-likeness (QED) is 0.144. The molecular formula is C68H58N4O. The summed E-state index contributed by atoms with van der Waals surface area (Å²) >= 11 is 0. The van der Waals surface area contributed by atoms with E-state index in [1.807, 2.05) is 6.20 Å². The molecule has 0 unspecified atom stereocenters. The summed E-state index contributed by atoms with van der Waals surface area (Å²) in [5.41, 5.74) is 18.5. The summed E-state index contributed by atoms with van der Waals surface area (Å²) < 4.78 is 9.25. The number of pyridine rings is 1. The number of aromatic nitrogens is 2. The Labute approximate surface area is 429 Å². The highest BCUT2D eigenvalue weighted by molar-refractivity contribution is 6.11. The van der Waals surface area contributed by atoms with Gasteiger partial charge in [0, 0.05) is 51.5 Å². The van der Waals surface area contributed by atoms with Gasteiger partial charge in [-0.1, -0.05) is 199 Å². The van der Waals surface area contributed by atoms with Crippen molar-refractivity contribution in [3.8, 4) is 61.8 Å². The average molecular weight is 947 g/mol. The molecule has 0 aliphatic carbocycles. The van der Waals surface area contributed by atoms with Gasteiger partial charge in [0.05, 0.1) is 28.1 Å². The molecule has 356 valence electrons. The molecule has 0 bridgehead atoms. The molecule has 1 aliphatic heterocycles. The first-order valence-corrected chi connectivity index (χ1v) is 25.4. The number of hydrogen-bond acceptors (Lipinski definition) is 4. The molecule has 3 heterocycles. The molecule has 0 atom stereocenters. The molecular weight excluding hydrogens is 889 g/mol. The number of fused-ring (bicyclic) bond motifs is 4. The molecule has 0 saturated carbocycles. The number of hydrogen-bond donors (Lipinski definition) is 0. The third kappa shape index (κ3) is 8.51. The summed E-state index contributed by atoms with van der Waals surface area (Å²) in [4.78, 5) is 9.98. The maximum Gasteiger partial charge on any atom is 0.137 e. The highest BCUT2D eigenvalue weighted by atomic mass is 16.5. The van der Waals surface area contributed by atoms with Crippen LogP contribution in [0.4, 0.5) is 22.7 Å². The fourth-order valence-corrected chi connectivity index (χ4v) is 10.6. The van der Waals surface area contributed by atoms with Crippen LogP contribution in [0.5, 0.6) is 11.5 Å². The van der Waals surface area contributed by atoms with Crippen molar-refractivity contribution >= 4 is 44.6 Å². The number of ether oxygens (including phenoxy) is 1. The second-order valence-electron chi connectivity index (χ2n) is 21.3. The van der Waals surface area contributed by atoms with E-state index in [1.54, 1.807) is 0 Å². The topological polar surface area (TPSA) is 33.5 Å². The molecule has 0 fully saturated rings. The van der Waals surface area contributed by atoms with Crippen molar-refractivity contribution in [1.29, 1.82) is 0 Å². The van der Waals surface area contributed by atoms with Gasteiger partial charge in [-0.3, -0.25) is 4.57 Å². The summed E-state index contributed by atoms with van der Waals surface area (Å²) in [7, 11) is 0. The standard InChI is InChI=1S/C68H58N4O/c1-67(2,3)51-27-16-26-50(40-51)58-32-19-33-62-66(58)71(65-56(47-22-12-8-13-23-47)30-18-31-57(65)48-24-14-9-15-25-48)45-70(62)53-28-17-29-54(43-53)73-55-35-36-59-60-41-49(46-20-10-7-11-21-46)34-37-61(60)72(63(59)44-55)64-42-52(38-39-69-64)68(4,5)6/h7-44H,45H2,1-6H3. The Balaban J connectivity index is 0.988.